The van der Waals surface area contributed by atoms with Gasteiger partial charge in [0, 0.05) is 23.4 Å². The zero-order valence-corrected chi connectivity index (χ0v) is 12.0. The summed E-state index contributed by atoms with van der Waals surface area (Å²) in [5.74, 6) is 0.485. The van der Waals surface area contributed by atoms with Crippen LogP contribution in [0.3, 0.4) is 0 Å². The molecule has 0 bridgehead atoms. The van der Waals surface area contributed by atoms with E-state index < -0.39 is 0 Å². The highest BCUT2D eigenvalue weighted by Gasteiger charge is 2.39. The number of hydrogen-bond acceptors (Lipinski definition) is 2. The highest BCUT2D eigenvalue weighted by Crippen LogP contribution is 2.40. The monoisotopic (exact) mass is 286 g/mol. The Labute approximate surface area is 123 Å². The number of hydrogen-bond donors (Lipinski definition) is 2. The van der Waals surface area contributed by atoms with Gasteiger partial charge in [0.05, 0.1) is 0 Å². The minimum absolute atomic E-state index is 0.0509. The molecule has 3 nitrogen and oxygen atoms in total. The van der Waals surface area contributed by atoms with E-state index in [4.69, 9.17) is 0 Å². The average molecular weight is 286 g/mol. The lowest BCUT2D eigenvalue weighted by Gasteiger charge is -2.07. The number of benzene rings is 1. The van der Waals surface area contributed by atoms with E-state index in [1.54, 1.807) is 11.3 Å². The number of urea groups is 1. The Hall–Kier alpha value is -1.81. The molecule has 0 aliphatic heterocycles. The molecule has 2 unspecified atom stereocenters. The predicted molar refractivity (Wildman–Crippen MR) is 82.1 cm³/mol. The van der Waals surface area contributed by atoms with Gasteiger partial charge in [-0.05, 0) is 29.9 Å². The fourth-order valence-electron chi connectivity index (χ4n) is 2.40. The van der Waals surface area contributed by atoms with Crippen molar-refractivity contribution < 1.29 is 4.79 Å². The largest absolute Gasteiger partial charge is 0.338 e. The van der Waals surface area contributed by atoms with Crippen molar-refractivity contribution >= 4 is 17.4 Å². The molecule has 2 N–H and O–H groups in total. The second-order valence-corrected chi connectivity index (χ2v) is 6.12. The molecule has 1 aromatic carbocycles. The second-order valence-electron chi connectivity index (χ2n) is 5.09. The van der Waals surface area contributed by atoms with Gasteiger partial charge >= 0.3 is 6.03 Å². The quantitative estimate of drug-likeness (QED) is 0.871. The summed E-state index contributed by atoms with van der Waals surface area (Å²) in [6.07, 6.45) is 1.94. The first-order valence-electron chi connectivity index (χ1n) is 6.94. The van der Waals surface area contributed by atoms with Crippen molar-refractivity contribution in [3.8, 4) is 0 Å². The fraction of sp³-hybridized carbons (Fsp3) is 0.312. The van der Waals surface area contributed by atoms with Crippen LogP contribution in [0.4, 0.5) is 4.79 Å². The molecule has 0 saturated heterocycles. The first kappa shape index (κ1) is 13.2. The Kier molecular flexibility index (Phi) is 4.02. The number of amides is 2. The van der Waals surface area contributed by atoms with Gasteiger partial charge in [-0.2, -0.15) is 0 Å². The molecule has 2 aromatic rings. The van der Waals surface area contributed by atoms with E-state index in [2.05, 4.69) is 34.2 Å². The second kappa shape index (κ2) is 6.09. The van der Waals surface area contributed by atoms with E-state index in [1.165, 1.54) is 10.4 Å². The van der Waals surface area contributed by atoms with Crippen molar-refractivity contribution in [1.29, 1.82) is 0 Å². The van der Waals surface area contributed by atoms with Crippen LogP contribution >= 0.6 is 11.3 Å². The molecule has 1 aliphatic carbocycles. The number of carbonyl (C=O) groups excluding carboxylic acids is 1. The summed E-state index contributed by atoms with van der Waals surface area (Å²) in [5, 5.41) is 8.02. The fourth-order valence-corrected chi connectivity index (χ4v) is 3.11. The molecule has 0 spiro atoms. The lowest BCUT2D eigenvalue weighted by atomic mass is 10.1. The van der Waals surface area contributed by atoms with Gasteiger partial charge in [0.25, 0.3) is 0 Å². The Bertz CT molecular complexity index is 553. The maximum atomic E-state index is 11.8. The Morgan fingerprint density at radius 1 is 1.20 bits per heavy atom. The molecular weight excluding hydrogens is 268 g/mol. The van der Waals surface area contributed by atoms with Crippen LogP contribution in [0, 0.1) is 0 Å². The van der Waals surface area contributed by atoms with Crippen molar-refractivity contribution in [2.24, 2.45) is 0 Å². The molecule has 1 heterocycles. The van der Waals surface area contributed by atoms with Crippen molar-refractivity contribution in [2.75, 3.05) is 6.54 Å². The van der Waals surface area contributed by atoms with Crippen LogP contribution < -0.4 is 10.6 Å². The predicted octanol–water partition coefficient (Wildman–Crippen LogP) is 3.15. The van der Waals surface area contributed by atoms with E-state index in [1.807, 2.05) is 24.3 Å². The van der Waals surface area contributed by atoms with Gasteiger partial charge in [-0.3, -0.25) is 0 Å². The summed E-state index contributed by atoms with van der Waals surface area (Å²) in [4.78, 5) is 13.1. The third-order valence-corrected chi connectivity index (χ3v) is 4.51. The summed E-state index contributed by atoms with van der Waals surface area (Å²) in [6, 6.07) is 14.7. The maximum absolute atomic E-state index is 11.8. The van der Waals surface area contributed by atoms with Gasteiger partial charge in [-0.25, -0.2) is 4.79 Å². The normalized spacial score (nSPS) is 20.4. The summed E-state index contributed by atoms with van der Waals surface area (Å²) in [5.41, 5.74) is 1.32. The summed E-state index contributed by atoms with van der Waals surface area (Å²) in [6.45, 7) is 0.690. The van der Waals surface area contributed by atoms with Crippen LogP contribution in [0.2, 0.25) is 0 Å². The summed E-state index contributed by atoms with van der Waals surface area (Å²) < 4.78 is 0. The van der Waals surface area contributed by atoms with Crippen molar-refractivity contribution in [1.82, 2.24) is 10.6 Å². The first-order chi connectivity index (χ1) is 9.83. The van der Waals surface area contributed by atoms with Gasteiger partial charge < -0.3 is 10.6 Å². The highest BCUT2D eigenvalue weighted by molar-refractivity contribution is 7.09. The molecule has 1 saturated carbocycles. The van der Waals surface area contributed by atoms with Gasteiger partial charge in [0.1, 0.15) is 0 Å². The Balaban J connectivity index is 1.38. The lowest BCUT2D eigenvalue weighted by molar-refractivity contribution is 0.240. The zero-order chi connectivity index (χ0) is 13.8. The molecule has 1 fully saturated rings. The Morgan fingerprint density at radius 3 is 2.80 bits per heavy atom. The van der Waals surface area contributed by atoms with Crippen molar-refractivity contribution in [3.05, 3.63) is 58.3 Å². The maximum Gasteiger partial charge on any atom is 0.315 e. The van der Waals surface area contributed by atoms with E-state index in [0.717, 1.165) is 12.8 Å². The van der Waals surface area contributed by atoms with Crippen LogP contribution in [0.15, 0.2) is 47.8 Å². The SMILES string of the molecule is O=C(NCCc1cccs1)NC1CC1c1ccccc1. The molecule has 2 atom stereocenters. The van der Waals surface area contributed by atoms with Crippen LogP contribution in [0.5, 0.6) is 0 Å². The first-order valence-corrected chi connectivity index (χ1v) is 7.82. The van der Waals surface area contributed by atoms with Crippen LogP contribution in [0.25, 0.3) is 0 Å². The number of rotatable bonds is 5. The van der Waals surface area contributed by atoms with E-state index in [0.29, 0.717) is 18.5 Å². The van der Waals surface area contributed by atoms with E-state index in [9.17, 15) is 4.79 Å². The van der Waals surface area contributed by atoms with Crippen LogP contribution in [0.1, 0.15) is 22.8 Å². The summed E-state index contributed by atoms with van der Waals surface area (Å²) >= 11 is 1.73. The minimum atomic E-state index is -0.0509. The van der Waals surface area contributed by atoms with E-state index in [-0.39, 0.29) is 6.03 Å². The smallest absolute Gasteiger partial charge is 0.315 e. The molecule has 1 aliphatic rings. The number of nitrogens with one attached hydrogen (secondary N) is 2. The molecule has 20 heavy (non-hydrogen) atoms. The number of thiophene rings is 1. The van der Waals surface area contributed by atoms with Crippen LogP contribution in [-0.4, -0.2) is 18.6 Å². The molecule has 0 radical (unpaired) electrons. The lowest BCUT2D eigenvalue weighted by Crippen LogP contribution is -2.38. The van der Waals surface area contributed by atoms with Crippen molar-refractivity contribution in [3.63, 3.8) is 0 Å². The third kappa shape index (κ3) is 3.39. The molecule has 104 valence electrons. The highest BCUT2D eigenvalue weighted by atomic mass is 32.1. The van der Waals surface area contributed by atoms with Gasteiger partial charge in [-0.15, -0.1) is 11.3 Å². The van der Waals surface area contributed by atoms with Gasteiger partial charge in [-0.1, -0.05) is 36.4 Å². The van der Waals surface area contributed by atoms with Gasteiger partial charge in [0.2, 0.25) is 0 Å². The summed E-state index contributed by atoms with van der Waals surface area (Å²) in [7, 11) is 0. The zero-order valence-electron chi connectivity index (χ0n) is 11.2. The van der Waals surface area contributed by atoms with Crippen LogP contribution in [-0.2, 0) is 6.42 Å². The molecule has 4 heteroatoms. The standard InChI is InChI=1S/C16H18N2OS/c19-16(17-9-8-13-7-4-10-20-13)18-15-11-14(15)12-5-2-1-3-6-12/h1-7,10,14-15H,8-9,11H2,(H2,17,18,19). The minimum Gasteiger partial charge on any atom is -0.338 e. The third-order valence-electron chi connectivity index (χ3n) is 3.57. The molecule has 3 rings (SSSR count). The molecule has 1 aromatic heterocycles. The molecular formula is C16H18N2OS. The van der Waals surface area contributed by atoms with Gasteiger partial charge in [0.15, 0.2) is 0 Å². The Morgan fingerprint density at radius 2 is 2.05 bits per heavy atom. The van der Waals surface area contributed by atoms with Crippen molar-refractivity contribution in [2.45, 2.75) is 24.8 Å². The topological polar surface area (TPSA) is 41.1 Å². The number of carbonyl (C=O) groups is 1. The van der Waals surface area contributed by atoms with E-state index >= 15 is 0 Å². The average Bonchev–Trinajstić information content (AvgIpc) is 3.02. The molecule has 2 amide bonds.